The van der Waals surface area contributed by atoms with E-state index in [0.29, 0.717) is 23.7 Å². The Labute approximate surface area is 188 Å². The molecule has 1 aromatic heterocycles. The fourth-order valence-corrected chi connectivity index (χ4v) is 3.68. The zero-order valence-electron chi connectivity index (χ0n) is 18.4. The van der Waals surface area contributed by atoms with Gasteiger partial charge in [-0.15, -0.1) is 0 Å². The van der Waals surface area contributed by atoms with Gasteiger partial charge in [0.15, 0.2) is 0 Å². The number of rotatable bonds is 6. The minimum atomic E-state index is -0.114. The summed E-state index contributed by atoms with van der Waals surface area (Å²) in [7, 11) is 3.40. The van der Waals surface area contributed by atoms with E-state index in [1.807, 2.05) is 91.9 Å². The highest BCUT2D eigenvalue weighted by atomic mass is 16.5. The number of ether oxygens (including phenoxy) is 1. The maximum atomic E-state index is 13.6. The number of fused-ring (bicyclic) bond motifs is 1. The van der Waals surface area contributed by atoms with Crippen molar-refractivity contribution in [3.8, 4) is 5.75 Å². The second kappa shape index (κ2) is 9.43. The molecule has 0 aliphatic heterocycles. The zero-order valence-corrected chi connectivity index (χ0v) is 18.4. The van der Waals surface area contributed by atoms with E-state index in [1.165, 1.54) is 0 Å². The lowest BCUT2D eigenvalue weighted by molar-refractivity contribution is -0.124. The number of aromatic nitrogens is 2. The second-order valence-electron chi connectivity index (χ2n) is 7.57. The Bertz CT molecular complexity index is 1280. The van der Waals surface area contributed by atoms with Crippen molar-refractivity contribution in [1.82, 2.24) is 14.9 Å². The maximum Gasteiger partial charge on any atom is 0.254 e. The molecule has 32 heavy (non-hydrogen) atoms. The first kappa shape index (κ1) is 21.2. The van der Waals surface area contributed by atoms with Crippen molar-refractivity contribution in [2.24, 2.45) is 0 Å². The summed E-state index contributed by atoms with van der Waals surface area (Å²) in [5, 5.41) is 1.02. The monoisotopic (exact) mass is 423 g/mol. The molecule has 5 heteroatoms. The summed E-state index contributed by atoms with van der Waals surface area (Å²) in [5.41, 5.74) is 4.04. The fourth-order valence-electron chi connectivity index (χ4n) is 3.68. The Balaban J connectivity index is 1.69. The minimum absolute atomic E-state index is 0.114. The lowest BCUT2D eigenvalue weighted by atomic mass is 10.0. The van der Waals surface area contributed by atoms with Crippen molar-refractivity contribution in [2.45, 2.75) is 13.5 Å². The molecule has 3 aromatic carbocycles. The third-order valence-corrected chi connectivity index (χ3v) is 5.32. The van der Waals surface area contributed by atoms with E-state index in [1.54, 1.807) is 19.1 Å². The third-order valence-electron chi connectivity index (χ3n) is 5.32. The van der Waals surface area contributed by atoms with Crippen molar-refractivity contribution >= 4 is 28.5 Å². The molecule has 0 saturated heterocycles. The van der Waals surface area contributed by atoms with Crippen LogP contribution < -0.4 is 4.74 Å². The van der Waals surface area contributed by atoms with Crippen LogP contribution in [0.15, 0.2) is 78.9 Å². The Kier molecular flexibility index (Phi) is 6.26. The van der Waals surface area contributed by atoms with Crippen LogP contribution in [0.4, 0.5) is 0 Å². The fraction of sp³-hybridized carbons (Fsp3) is 0.148. The molecule has 1 amide bonds. The van der Waals surface area contributed by atoms with E-state index in [2.05, 4.69) is 9.97 Å². The van der Waals surface area contributed by atoms with Crippen LogP contribution in [0.3, 0.4) is 0 Å². The van der Waals surface area contributed by atoms with Gasteiger partial charge in [0.05, 0.1) is 19.2 Å². The minimum Gasteiger partial charge on any atom is -0.496 e. The van der Waals surface area contributed by atoms with E-state index in [-0.39, 0.29) is 5.91 Å². The normalized spacial score (nSPS) is 11.4. The Morgan fingerprint density at radius 1 is 0.938 bits per heavy atom. The van der Waals surface area contributed by atoms with Crippen molar-refractivity contribution in [3.63, 3.8) is 0 Å². The van der Waals surface area contributed by atoms with E-state index in [9.17, 15) is 4.79 Å². The standard InChI is InChI=1S/C27H25N3O2/c1-19-22-14-8-9-15-24(22)29-26(28-19)18-30(2)27(31)23(20-11-5-4-6-12-20)17-21-13-7-10-16-25(21)32-3/h4-17H,18H2,1-3H3/b23-17+. The number of hydrogen-bond donors (Lipinski definition) is 0. The van der Waals surface area contributed by atoms with Crippen molar-refractivity contribution < 1.29 is 9.53 Å². The molecule has 0 bridgehead atoms. The molecule has 160 valence electrons. The summed E-state index contributed by atoms with van der Waals surface area (Å²) in [6.45, 7) is 2.27. The molecule has 0 aliphatic carbocycles. The van der Waals surface area contributed by atoms with Gasteiger partial charge in [-0.05, 0) is 30.7 Å². The van der Waals surface area contributed by atoms with E-state index >= 15 is 0 Å². The van der Waals surface area contributed by atoms with Gasteiger partial charge in [-0.1, -0.05) is 66.7 Å². The van der Waals surface area contributed by atoms with Crippen LogP contribution in [0.5, 0.6) is 5.75 Å². The summed E-state index contributed by atoms with van der Waals surface area (Å²) in [6.07, 6.45) is 1.87. The SMILES string of the molecule is COc1ccccc1/C=C(/C(=O)N(C)Cc1nc(C)c2ccccc2n1)c1ccccc1. The first-order chi connectivity index (χ1) is 15.6. The van der Waals surface area contributed by atoms with Gasteiger partial charge in [0.25, 0.3) is 5.91 Å². The molecule has 0 atom stereocenters. The van der Waals surface area contributed by atoms with Crippen LogP contribution in [0.2, 0.25) is 0 Å². The maximum absolute atomic E-state index is 13.6. The molecule has 4 rings (SSSR count). The van der Waals surface area contributed by atoms with Crippen molar-refractivity contribution in [2.75, 3.05) is 14.2 Å². The average Bonchev–Trinajstić information content (AvgIpc) is 2.83. The molecule has 0 spiro atoms. The average molecular weight is 424 g/mol. The van der Waals surface area contributed by atoms with Gasteiger partial charge >= 0.3 is 0 Å². The summed E-state index contributed by atoms with van der Waals surface area (Å²) in [6, 6.07) is 25.2. The van der Waals surface area contributed by atoms with Gasteiger partial charge < -0.3 is 9.64 Å². The summed E-state index contributed by atoms with van der Waals surface area (Å²) in [5.74, 6) is 1.21. The molecule has 0 aliphatic rings. The highest BCUT2D eigenvalue weighted by molar-refractivity contribution is 6.24. The number of carbonyl (C=O) groups is 1. The van der Waals surface area contributed by atoms with Gasteiger partial charge in [-0.3, -0.25) is 4.79 Å². The quantitative estimate of drug-likeness (QED) is 0.318. The Hall–Kier alpha value is -3.99. The number of hydrogen-bond acceptors (Lipinski definition) is 4. The van der Waals surface area contributed by atoms with Gasteiger partial charge in [0.1, 0.15) is 11.6 Å². The molecule has 0 saturated carbocycles. The first-order valence-electron chi connectivity index (χ1n) is 10.4. The molecule has 0 N–H and O–H groups in total. The third kappa shape index (κ3) is 4.52. The van der Waals surface area contributed by atoms with E-state index in [0.717, 1.165) is 27.7 Å². The molecule has 1 heterocycles. The number of amides is 1. The van der Waals surface area contributed by atoms with Crippen molar-refractivity contribution in [3.05, 3.63) is 102 Å². The largest absolute Gasteiger partial charge is 0.496 e. The van der Waals surface area contributed by atoms with Crippen molar-refractivity contribution in [1.29, 1.82) is 0 Å². The highest BCUT2D eigenvalue weighted by Gasteiger charge is 2.19. The number of aryl methyl sites for hydroxylation is 1. The second-order valence-corrected chi connectivity index (χ2v) is 7.57. The van der Waals surface area contributed by atoms with Crippen LogP contribution in [-0.2, 0) is 11.3 Å². The van der Waals surface area contributed by atoms with Gasteiger partial charge in [-0.25, -0.2) is 9.97 Å². The molecular formula is C27H25N3O2. The lowest BCUT2D eigenvalue weighted by Gasteiger charge is -2.19. The Morgan fingerprint density at radius 2 is 1.62 bits per heavy atom. The van der Waals surface area contributed by atoms with Gasteiger partial charge in [0, 0.05) is 29.3 Å². The molecule has 4 aromatic rings. The highest BCUT2D eigenvalue weighted by Crippen LogP contribution is 2.26. The number of likely N-dealkylation sites (N-methyl/N-ethyl adjacent to an activating group) is 1. The number of para-hydroxylation sites is 2. The molecule has 0 unspecified atom stereocenters. The predicted octanol–water partition coefficient (Wildman–Crippen LogP) is 5.15. The molecule has 0 fully saturated rings. The first-order valence-corrected chi connectivity index (χ1v) is 10.4. The van der Waals surface area contributed by atoms with Crippen LogP contribution in [0.25, 0.3) is 22.6 Å². The lowest BCUT2D eigenvalue weighted by Crippen LogP contribution is -2.28. The number of nitrogens with zero attached hydrogens (tertiary/aromatic N) is 3. The number of benzene rings is 3. The molecule has 5 nitrogen and oxygen atoms in total. The Morgan fingerprint density at radius 3 is 2.41 bits per heavy atom. The van der Waals surface area contributed by atoms with Crippen LogP contribution in [0, 0.1) is 6.92 Å². The zero-order chi connectivity index (χ0) is 22.5. The number of carbonyl (C=O) groups excluding carboxylic acids is 1. The van der Waals surface area contributed by atoms with E-state index < -0.39 is 0 Å². The topological polar surface area (TPSA) is 55.3 Å². The smallest absolute Gasteiger partial charge is 0.254 e. The van der Waals surface area contributed by atoms with Gasteiger partial charge in [-0.2, -0.15) is 0 Å². The summed E-state index contributed by atoms with van der Waals surface area (Å²) < 4.78 is 5.48. The summed E-state index contributed by atoms with van der Waals surface area (Å²) >= 11 is 0. The molecular weight excluding hydrogens is 398 g/mol. The van der Waals surface area contributed by atoms with Crippen LogP contribution in [0.1, 0.15) is 22.6 Å². The number of methoxy groups -OCH3 is 1. The van der Waals surface area contributed by atoms with Crippen LogP contribution >= 0.6 is 0 Å². The van der Waals surface area contributed by atoms with Gasteiger partial charge in [0.2, 0.25) is 0 Å². The van der Waals surface area contributed by atoms with E-state index in [4.69, 9.17) is 4.74 Å². The predicted molar refractivity (Wildman–Crippen MR) is 128 cm³/mol. The molecule has 0 radical (unpaired) electrons. The summed E-state index contributed by atoms with van der Waals surface area (Å²) in [4.78, 5) is 24.5. The van der Waals surface area contributed by atoms with Crippen LogP contribution in [-0.4, -0.2) is 34.9 Å².